The van der Waals surface area contributed by atoms with Gasteiger partial charge in [-0.05, 0) is 46.5 Å². The van der Waals surface area contributed by atoms with Crippen LogP contribution in [-0.2, 0) is 0 Å². The van der Waals surface area contributed by atoms with Crippen LogP contribution < -0.4 is 5.73 Å². The molecule has 3 aromatic rings. The summed E-state index contributed by atoms with van der Waals surface area (Å²) in [6.45, 7) is 0. The first-order valence-electron chi connectivity index (χ1n) is 7.12. The Labute approximate surface area is 134 Å². The molecule has 3 nitrogen and oxygen atoms in total. The van der Waals surface area contributed by atoms with Crippen LogP contribution in [0.4, 0.5) is 5.69 Å². The molecular weight excluding hydrogens is 282 g/mol. The number of nitrogens with zero attached hydrogens (tertiary/aromatic N) is 2. The van der Waals surface area contributed by atoms with Crippen molar-refractivity contribution in [2.24, 2.45) is 0 Å². The molecule has 0 aliphatic carbocycles. The van der Waals surface area contributed by atoms with Crippen molar-refractivity contribution in [1.82, 2.24) is 0 Å². The fraction of sp³-hybridized carbons (Fsp3) is 0. The zero-order valence-electron chi connectivity index (χ0n) is 12.3. The fourth-order valence-electron chi connectivity index (χ4n) is 2.53. The van der Waals surface area contributed by atoms with Gasteiger partial charge in [-0.15, -0.1) is 0 Å². The lowest BCUT2D eigenvalue weighted by atomic mass is 9.92. The van der Waals surface area contributed by atoms with E-state index in [-0.39, 0.29) is 0 Å². The van der Waals surface area contributed by atoms with Crippen LogP contribution in [0.5, 0.6) is 0 Å². The summed E-state index contributed by atoms with van der Waals surface area (Å²) in [5, 5.41) is 18.2. The van der Waals surface area contributed by atoms with Crippen LogP contribution >= 0.6 is 0 Å². The molecule has 0 unspecified atom stereocenters. The lowest BCUT2D eigenvalue weighted by Gasteiger charge is -2.13. The van der Waals surface area contributed by atoms with Crippen molar-refractivity contribution >= 4 is 5.69 Å². The third kappa shape index (κ3) is 2.77. The summed E-state index contributed by atoms with van der Waals surface area (Å²) in [5.41, 5.74) is 11.4. The average molecular weight is 295 g/mol. The minimum absolute atomic E-state index is 0.451. The number of anilines is 1. The standard InChI is InChI=1S/C20H13N3/c21-12-14-6-8-16(9-7-14)19-11-20(23)17(13-22)10-18(19)15-4-2-1-3-5-15/h1-11H,23H2. The molecule has 0 spiro atoms. The van der Waals surface area contributed by atoms with E-state index in [4.69, 9.17) is 11.0 Å². The molecular formula is C20H13N3. The molecule has 0 heterocycles. The van der Waals surface area contributed by atoms with Gasteiger partial charge in [-0.25, -0.2) is 0 Å². The summed E-state index contributed by atoms with van der Waals surface area (Å²) in [4.78, 5) is 0. The monoisotopic (exact) mass is 295 g/mol. The molecule has 0 aliphatic rings. The maximum atomic E-state index is 9.25. The van der Waals surface area contributed by atoms with E-state index in [2.05, 4.69) is 12.1 Å². The molecule has 0 atom stereocenters. The van der Waals surface area contributed by atoms with Gasteiger partial charge in [-0.3, -0.25) is 0 Å². The van der Waals surface area contributed by atoms with Crippen molar-refractivity contribution in [1.29, 1.82) is 10.5 Å². The number of nitrogens with two attached hydrogens (primary N) is 1. The molecule has 23 heavy (non-hydrogen) atoms. The topological polar surface area (TPSA) is 73.6 Å². The van der Waals surface area contributed by atoms with E-state index in [1.807, 2.05) is 54.6 Å². The molecule has 3 heteroatoms. The second-order valence-electron chi connectivity index (χ2n) is 5.15. The van der Waals surface area contributed by atoms with Gasteiger partial charge in [0, 0.05) is 0 Å². The molecule has 2 N–H and O–H groups in total. The zero-order chi connectivity index (χ0) is 16.2. The van der Waals surface area contributed by atoms with Gasteiger partial charge < -0.3 is 5.73 Å². The first kappa shape index (κ1) is 14.4. The Morgan fingerprint density at radius 1 is 0.696 bits per heavy atom. The maximum Gasteiger partial charge on any atom is 0.101 e. The second-order valence-corrected chi connectivity index (χ2v) is 5.15. The molecule has 0 aliphatic heterocycles. The van der Waals surface area contributed by atoms with Crippen molar-refractivity contribution in [3.05, 3.63) is 77.9 Å². The highest BCUT2D eigenvalue weighted by Crippen LogP contribution is 2.35. The van der Waals surface area contributed by atoms with Crippen LogP contribution in [0.1, 0.15) is 11.1 Å². The fourth-order valence-corrected chi connectivity index (χ4v) is 2.53. The van der Waals surface area contributed by atoms with Gasteiger partial charge in [0.2, 0.25) is 0 Å². The highest BCUT2D eigenvalue weighted by Gasteiger charge is 2.11. The Morgan fingerprint density at radius 3 is 1.91 bits per heavy atom. The molecule has 0 aromatic heterocycles. The lowest BCUT2D eigenvalue weighted by Crippen LogP contribution is -1.94. The Hall–Kier alpha value is -3.56. The first-order valence-corrected chi connectivity index (χ1v) is 7.12. The Bertz CT molecular complexity index is 928. The summed E-state index contributed by atoms with van der Waals surface area (Å²) in [7, 11) is 0. The van der Waals surface area contributed by atoms with Crippen molar-refractivity contribution < 1.29 is 0 Å². The zero-order valence-corrected chi connectivity index (χ0v) is 12.3. The van der Waals surface area contributed by atoms with E-state index < -0.39 is 0 Å². The normalized spacial score (nSPS) is 9.83. The molecule has 108 valence electrons. The van der Waals surface area contributed by atoms with E-state index in [0.717, 1.165) is 22.3 Å². The molecule has 0 bridgehead atoms. The summed E-state index contributed by atoms with van der Waals surface area (Å²) < 4.78 is 0. The van der Waals surface area contributed by atoms with Crippen molar-refractivity contribution in [2.75, 3.05) is 5.73 Å². The number of hydrogen-bond donors (Lipinski definition) is 1. The van der Waals surface area contributed by atoms with Crippen LogP contribution in [0.3, 0.4) is 0 Å². The van der Waals surface area contributed by atoms with E-state index in [9.17, 15) is 5.26 Å². The molecule has 3 aromatic carbocycles. The third-order valence-corrected chi connectivity index (χ3v) is 3.72. The van der Waals surface area contributed by atoms with Gasteiger partial charge in [-0.1, -0.05) is 42.5 Å². The minimum atomic E-state index is 0.451. The van der Waals surface area contributed by atoms with Gasteiger partial charge in [0.25, 0.3) is 0 Å². The largest absolute Gasteiger partial charge is 0.398 e. The van der Waals surface area contributed by atoms with Crippen LogP contribution in [-0.4, -0.2) is 0 Å². The van der Waals surface area contributed by atoms with Crippen molar-refractivity contribution in [2.45, 2.75) is 0 Å². The van der Waals surface area contributed by atoms with Crippen LogP contribution in [0.2, 0.25) is 0 Å². The number of hydrogen-bond acceptors (Lipinski definition) is 3. The maximum absolute atomic E-state index is 9.25. The predicted octanol–water partition coefficient (Wildman–Crippen LogP) is 4.35. The van der Waals surface area contributed by atoms with Crippen LogP contribution in [0.15, 0.2) is 66.7 Å². The summed E-state index contributed by atoms with van der Waals surface area (Å²) in [5.74, 6) is 0. The van der Waals surface area contributed by atoms with Crippen LogP contribution in [0, 0.1) is 22.7 Å². The summed E-state index contributed by atoms with van der Waals surface area (Å²) in [6, 6.07) is 25.1. The van der Waals surface area contributed by atoms with E-state index in [1.165, 1.54) is 0 Å². The number of nitriles is 2. The van der Waals surface area contributed by atoms with Gasteiger partial charge in [-0.2, -0.15) is 10.5 Å². The third-order valence-electron chi connectivity index (χ3n) is 3.72. The molecule has 0 amide bonds. The first-order chi connectivity index (χ1) is 11.2. The minimum Gasteiger partial charge on any atom is -0.398 e. The number of rotatable bonds is 2. The van der Waals surface area contributed by atoms with Gasteiger partial charge in [0.15, 0.2) is 0 Å². The number of nitrogen functional groups attached to an aromatic ring is 1. The van der Waals surface area contributed by atoms with Crippen molar-refractivity contribution in [3.8, 4) is 34.4 Å². The van der Waals surface area contributed by atoms with E-state index in [0.29, 0.717) is 16.8 Å². The smallest absolute Gasteiger partial charge is 0.101 e. The highest BCUT2D eigenvalue weighted by atomic mass is 14.6. The number of benzene rings is 3. The molecule has 0 radical (unpaired) electrons. The second kappa shape index (κ2) is 6.05. The van der Waals surface area contributed by atoms with Crippen LogP contribution in [0.25, 0.3) is 22.3 Å². The molecule has 0 saturated carbocycles. The lowest BCUT2D eigenvalue weighted by molar-refractivity contribution is 1.47. The molecule has 0 fully saturated rings. The van der Waals surface area contributed by atoms with E-state index >= 15 is 0 Å². The Balaban J connectivity index is 2.25. The van der Waals surface area contributed by atoms with Crippen molar-refractivity contribution in [3.63, 3.8) is 0 Å². The summed E-state index contributed by atoms with van der Waals surface area (Å²) >= 11 is 0. The average Bonchev–Trinajstić information content (AvgIpc) is 2.62. The Kier molecular flexibility index (Phi) is 3.78. The molecule has 3 rings (SSSR count). The van der Waals surface area contributed by atoms with Gasteiger partial charge in [0.05, 0.1) is 22.9 Å². The Morgan fingerprint density at radius 2 is 1.30 bits per heavy atom. The van der Waals surface area contributed by atoms with Gasteiger partial charge in [0.1, 0.15) is 6.07 Å². The highest BCUT2D eigenvalue weighted by molar-refractivity contribution is 5.87. The SMILES string of the molecule is N#Cc1ccc(-c2cc(N)c(C#N)cc2-c2ccccc2)cc1. The predicted molar refractivity (Wildman–Crippen MR) is 91.2 cm³/mol. The summed E-state index contributed by atoms with van der Waals surface area (Å²) in [6.07, 6.45) is 0. The van der Waals surface area contributed by atoms with E-state index in [1.54, 1.807) is 12.1 Å². The molecule has 0 saturated heterocycles. The van der Waals surface area contributed by atoms with Gasteiger partial charge >= 0.3 is 0 Å². The quantitative estimate of drug-likeness (QED) is 0.714.